The smallest absolute Gasteiger partial charge is 0.309 e. The van der Waals surface area contributed by atoms with Crippen LogP contribution in [0.25, 0.3) is 0 Å². The van der Waals surface area contributed by atoms with Crippen LogP contribution in [-0.4, -0.2) is 42.1 Å². The number of amides is 1. The summed E-state index contributed by atoms with van der Waals surface area (Å²) in [6.45, 7) is 0.601. The van der Waals surface area contributed by atoms with Gasteiger partial charge in [-0.1, -0.05) is 12.1 Å². The summed E-state index contributed by atoms with van der Waals surface area (Å²) >= 11 is 0. The van der Waals surface area contributed by atoms with Gasteiger partial charge < -0.3 is 14.7 Å². The molecule has 0 aliphatic carbocycles. The highest BCUT2D eigenvalue weighted by atomic mass is 19.1. The zero-order valence-corrected chi connectivity index (χ0v) is 11.1. The van der Waals surface area contributed by atoms with Crippen molar-refractivity contribution in [1.82, 2.24) is 4.90 Å². The van der Waals surface area contributed by atoms with Crippen molar-refractivity contribution in [2.45, 2.75) is 12.5 Å². The first-order valence-electron chi connectivity index (χ1n) is 6.31. The van der Waals surface area contributed by atoms with Gasteiger partial charge in [0, 0.05) is 20.1 Å². The minimum atomic E-state index is -1.05. The Morgan fingerprint density at radius 3 is 2.90 bits per heavy atom. The van der Waals surface area contributed by atoms with Crippen molar-refractivity contribution in [3.05, 3.63) is 35.6 Å². The first-order valence-corrected chi connectivity index (χ1v) is 6.31. The van der Waals surface area contributed by atoms with E-state index in [4.69, 9.17) is 4.74 Å². The van der Waals surface area contributed by atoms with E-state index in [2.05, 4.69) is 0 Å². The van der Waals surface area contributed by atoms with Gasteiger partial charge in [-0.2, -0.15) is 0 Å². The summed E-state index contributed by atoms with van der Waals surface area (Å²) in [7, 11) is 1.51. The lowest BCUT2D eigenvalue weighted by atomic mass is 9.93. The molecule has 1 aromatic carbocycles. The van der Waals surface area contributed by atoms with E-state index in [9.17, 15) is 19.1 Å². The minimum Gasteiger partial charge on any atom is -0.481 e. The molecule has 5 nitrogen and oxygen atoms in total. The standard InChI is InChI=1S/C14H16FNO4/c1-20-6-5-16-12(17)8-11(14(18)19)13(16)9-3-2-4-10(15)7-9/h2-4,7,11,13H,5-6,8H2,1H3,(H,18,19)/t11-,13+/m1/s1. The number of aliphatic carboxylic acids is 1. The molecule has 1 heterocycles. The summed E-state index contributed by atoms with van der Waals surface area (Å²) in [4.78, 5) is 24.8. The van der Waals surface area contributed by atoms with Gasteiger partial charge in [0.05, 0.1) is 18.6 Å². The van der Waals surface area contributed by atoms with Crippen molar-refractivity contribution in [3.63, 3.8) is 0 Å². The predicted octanol–water partition coefficient (Wildman–Crippen LogP) is 1.45. The Hall–Kier alpha value is -1.95. The third-order valence-electron chi connectivity index (χ3n) is 3.48. The highest BCUT2D eigenvalue weighted by Crippen LogP contribution is 2.38. The fourth-order valence-corrected chi connectivity index (χ4v) is 2.57. The van der Waals surface area contributed by atoms with E-state index in [1.54, 1.807) is 6.07 Å². The molecule has 1 aliphatic heterocycles. The SMILES string of the molecule is COCCN1C(=O)C[C@@H](C(=O)O)[C@@H]1c1cccc(F)c1. The minimum absolute atomic E-state index is 0.0692. The molecule has 0 unspecified atom stereocenters. The van der Waals surface area contributed by atoms with Crippen LogP contribution in [0.2, 0.25) is 0 Å². The predicted molar refractivity (Wildman–Crippen MR) is 68.5 cm³/mol. The van der Waals surface area contributed by atoms with Crippen LogP contribution in [0.15, 0.2) is 24.3 Å². The first-order chi connectivity index (χ1) is 9.54. The molecule has 108 valence electrons. The van der Waals surface area contributed by atoms with E-state index in [0.29, 0.717) is 18.7 Å². The molecule has 0 spiro atoms. The van der Waals surface area contributed by atoms with Crippen LogP contribution >= 0.6 is 0 Å². The highest BCUT2D eigenvalue weighted by Gasteiger charge is 2.44. The quantitative estimate of drug-likeness (QED) is 0.887. The number of hydrogen-bond donors (Lipinski definition) is 1. The molecule has 6 heteroatoms. The Labute approximate surface area is 116 Å². The van der Waals surface area contributed by atoms with Gasteiger partial charge >= 0.3 is 5.97 Å². The molecule has 20 heavy (non-hydrogen) atoms. The fourth-order valence-electron chi connectivity index (χ4n) is 2.57. The highest BCUT2D eigenvalue weighted by molar-refractivity contribution is 5.87. The Bertz CT molecular complexity index is 520. The maximum Gasteiger partial charge on any atom is 0.309 e. The maximum atomic E-state index is 13.3. The topological polar surface area (TPSA) is 66.8 Å². The van der Waals surface area contributed by atoms with Gasteiger partial charge in [0.1, 0.15) is 5.82 Å². The zero-order valence-electron chi connectivity index (χ0n) is 11.1. The van der Waals surface area contributed by atoms with E-state index < -0.39 is 23.7 Å². The number of benzene rings is 1. The van der Waals surface area contributed by atoms with Crippen LogP contribution in [-0.2, 0) is 14.3 Å². The lowest BCUT2D eigenvalue weighted by molar-refractivity contribution is -0.142. The number of carbonyl (C=O) groups is 2. The van der Waals surface area contributed by atoms with Crippen molar-refractivity contribution >= 4 is 11.9 Å². The number of rotatable bonds is 5. The second kappa shape index (κ2) is 6.00. The van der Waals surface area contributed by atoms with Crippen LogP contribution < -0.4 is 0 Å². The number of nitrogens with zero attached hydrogens (tertiary/aromatic N) is 1. The van der Waals surface area contributed by atoms with Crippen molar-refractivity contribution in [1.29, 1.82) is 0 Å². The van der Waals surface area contributed by atoms with E-state index in [1.807, 2.05) is 0 Å². The van der Waals surface area contributed by atoms with E-state index in [0.717, 1.165) is 0 Å². The Kier molecular flexibility index (Phi) is 4.34. The molecule has 0 radical (unpaired) electrons. The van der Waals surface area contributed by atoms with Crippen LogP contribution in [0.4, 0.5) is 4.39 Å². The third-order valence-corrected chi connectivity index (χ3v) is 3.48. The molecular weight excluding hydrogens is 265 g/mol. The summed E-state index contributed by atoms with van der Waals surface area (Å²) in [6, 6.07) is 5.07. The monoisotopic (exact) mass is 281 g/mol. The Morgan fingerprint density at radius 2 is 2.30 bits per heavy atom. The molecule has 0 saturated carbocycles. The number of carbonyl (C=O) groups excluding carboxylic acids is 1. The molecule has 0 bridgehead atoms. The number of halogens is 1. The van der Waals surface area contributed by atoms with Gasteiger partial charge in [0.15, 0.2) is 0 Å². The molecule has 1 N–H and O–H groups in total. The summed E-state index contributed by atoms with van der Waals surface area (Å²) < 4.78 is 18.3. The number of ether oxygens (including phenoxy) is 1. The van der Waals surface area contributed by atoms with Crippen LogP contribution in [0, 0.1) is 11.7 Å². The maximum absolute atomic E-state index is 13.3. The molecule has 1 fully saturated rings. The zero-order chi connectivity index (χ0) is 14.7. The average molecular weight is 281 g/mol. The van der Waals surface area contributed by atoms with Gasteiger partial charge in [-0.3, -0.25) is 9.59 Å². The second-order valence-corrected chi connectivity index (χ2v) is 4.73. The van der Waals surface area contributed by atoms with E-state index >= 15 is 0 Å². The largest absolute Gasteiger partial charge is 0.481 e. The molecule has 1 saturated heterocycles. The summed E-state index contributed by atoms with van der Waals surface area (Å²) in [5.74, 6) is -2.60. The van der Waals surface area contributed by atoms with Gasteiger partial charge in [-0.25, -0.2) is 4.39 Å². The number of methoxy groups -OCH3 is 1. The summed E-state index contributed by atoms with van der Waals surface area (Å²) in [6.07, 6.45) is -0.0692. The number of likely N-dealkylation sites (tertiary alicyclic amines) is 1. The Balaban J connectivity index is 2.35. The second-order valence-electron chi connectivity index (χ2n) is 4.73. The van der Waals surface area contributed by atoms with Crippen LogP contribution in [0.5, 0.6) is 0 Å². The number of hydrogen-bond acceptors (Lipinski definition) is 3. The fraction of sp³-hybridized carbons (Fsp3) is 0.429. The van der Waals surface area contributed by atoms with E-state index in [1.165, 1.54) is 30.2 Å². The molecule has 0 aromatic heterocycles. The van der Waals surface area contributed by atoms with Gasteiger partial charge in [0.2, 0.25) is 5.91 Å². The van der Waals surface area contributed by atoms with Crippen molar-refractivity contribution in [3.8, 4) is 0 Å². The third kappa shape index (κ3) is 2.80. The number of carboxylic acid groups (broad SMARTS) is 1. The molecule has 1 aliphatic rings. The van der Waals surface area contributed by atoms with Gasteiger partial charge in [-0.05, 0) is 17.7 Å². The van der Waals surface area contributed by atoms with Gasteiger partial charge in [0.25, 0.3) is 0 Å². The molecule has 2 rings (SSSR count). The first kappa shape index (κ1) is 14.5. The summed E-state index contributed by atoms with van der Waals surface area (Å²) in [5, 5.41) is 9.27. The Morgan fingerprint density at radius 1 is 1.55 bits per heavy atom. The van der Waals surface area contributed by atoms with Crippen molar-refractivity contribution < 1.29 is 23.8 Å². The van der Waals surface area contributed by atoms with Gasteiger partial charge in [-0.15, -0.1) is 0 Å². The van der Waals surface area contributed by atoms with Crippen LogP contribution in [0.3, 0.4) is 0 Å². The lowest BCUT2D eigenvalue weighted by Gasteiger charge is -2.27. The van der Waals surface area contributed by atoms with Crippen LogP contribution in [0.1, 0.15) is 18.0 Å². The van der Waals surface area contributed by atoms with Crippen molar-refractivity contribution in [2.75, 3.05) is 20.3 Å². The van der Waals surface area contributed by atoms with Crippen molar-refractivity contribution in [2.24, 2.45) is 5.92 Å². The molecule has 1 amide bonds. The lowest BCUT2D eigenvalue weighted by Crippen LogP contribution is -2.33. The molecule has 2 atom stereocenters. The van der Waals surface area contributed by atoms with E-state index in [-0.39, 0.29) is 12.3 Å². The summed E-state index contributed by atoms with van der Waals surface area (Å²) in [5.41, 5.74) is 0.499. The molecular formula is C14H16FNO4. The average Bonchev–Trinajstić information content (AvgIpc) is 2.73. The number of carboxylic acids is 1. The normalized spacial score (nSPS) is 22.3. The molecule has 1 aromatic rings.